The van der Waals surface area contributed by atoms with Gasteiger partial charge in [-0.3, -0.25) is 4.79 Å². The minimum Gasteiger partial charge on any atom is -0.469 e. The number of hydrogen-bond donors (Lipinski definition) is 1. The summed E-state index contributed by atoms with van der Waals surface area (Å²) in [6.45, 7) is 0. The third-order valence-electron chi connectivity index (χ3n) is 3.26. The van der Waals surface area contributed by atoms with E-state index in [0.29, 0.717) is 28.6 Å². The molecule has 0 bridgehead atoms. The number of aromatic amines is 1. The molecule has 23 heavy (non-hydrogen) atoms. The number of aldehydes is 1. The molecule has 1 heterocycles. The molecule has 8 heteroatoms. The number of methoxy groups -OCH3 is 1. The molecule has 1 aromatic heterocycles. The van der Waals surface area contributed by atoms with Gasteiger partial charge in [-0.05, 0) is 30.2 Å². The SMILES string of the molecule is COC(=O)Cc1c(CCC=O)[nH]c2ccc(OC(F)(F)F)cc12. The molecular weight excluding hydrogens is 315 g/mol. The van der Waals surface area contributed by atoms with Crippen LogP contribution in [0.2, 0.25) is 0 Å². The monoisotopic (exact) mass is 329 g/mol. The van der Waals surface area contributed by atoms with Gasteiger partial charge in [-0.2, -0.15) is 0 Å². The third-order valence-corrected chi connectivity index (χ3v) is 3.26. The van der Waals surface area contributed by atoms with Crippen LogP contribution in [0.15, 0.2) is 18.2 Å². The molecule has 0 aliphatic rings. The van der Waals surface area contributed by atoms with Crippen LogP contribution < -0.4 is 4.74 Å². The molecule has 0 spiro atoms. The summed E-state index contributed by atoms with van der Waals surface area (Å²) in [7, 11) is 1.22. The number of H-pyrrole nitrogens is 1. The smallest absolute Gasteiger partial charge is 0.469 e. The summed E-state index contributed by atoms with van der Waals surface area (Å²) in [6, 6.07) is 3.82. The van der Waals surface area contributed by atoms with Crippen molar-refractivity contribution in [3.8, 4) is 5.75 Å². The van der Waals surface area contributed by atoms with Crippen molar-refractivity contribution in [1.82, 2.24) is 4.98 Å². The number of carbonyl (C=O) groups is 2. The number of aromatic nitrogens is 1. The number of fused-ring (bicyclic) bond motifs is 1. The van der Waals surface area contributed by atoms with Crippen LogP contribution in [0.5, 0.6) is 5.75 Å². The van der Waals surface area contributed by atoms with Gasteiger partial charge in [-0.15, -0.1) is 13.2 Å². The number of aryl methyl sites for hydroxylation is 1. The van der Waals surface area contributed by atoms with Crippen molar-refractivity contribution >= 4 is 23.2 Å². The van der Waals surface area contributed by atoms with Gasteiger partial charge < -0.3 is 19.3 Å². The second kappa shape index (κ2) is 6.72. The standard InChI is InChI=1S/C15H14F3NO4/c1-22-14(21)8-11-10-7-9(23-15(16,17)18)4-5-13(10)19-12(11)3-2-6-20/h4-7,19H,2-3,8H2,1H3. The van der Waals surface area contributed by atoms with Crippen LogP contribution in [0.25, 0.3) is 10.9 Å². The van der Waals surface area contributed by atoms with E-state index in [2.05, 4.69) is 14.5 Å². The summed E-state index contributed by atoms with van der Waals surface area (Å²) in [6.07, 6.45) is -3.61. The summed E-state index contributed by atoms with van der Waals surface area (Å²) in [5.41, 5.74) is 1.67. The van der Waals surface area contributed by atoms with E-state index in [1.54, 1.807) is 0 Å². The van der Waals surface area contributed by atoms with Crippen LogP contribution in [0.3, 0.4) is 0 Å². The molecule has 2 aromatic rings. The van der Waals surface area contributed by atoms with Gasteiger partial charge in [-0.1, -0.05) is 0 Å². The van der Waals surface area contributed by atoms with Gasteiger partial charge in [0.2, 0.25) is 0 Å². The van der Waals surface area contributed by atoms with Crippen molar-refractivity contribution in [2.45, 2.75) is 25.6 Å². The zero-order chi connectivity index (χ0) is 17.0. The third kappa shape index (κ3) is 4.24. The predicted molar refractivity (Wildman–Crippen MR) is 75.1 cm³/mol. The van der Waals surface area contributed by atoms with Gasteiger partial charge in [-0.25, -0.2) is 0 Å². The van der Waals surface area contributed by atoms with Crippen LogP contribution in [0.4, 0.5) is 13.2 Å². The highest BCUT2D eigenvalue weighted by molar-refractivity contribution is 5.89. The molecule has 5 nitrogen and oxygen atoms in total. The van der Waals surface area contributed by atoms with Crippen molar-refractivity contribution in [3.63, 3.8) is 0 Å². The first-order valence-corrected chi connectivity index (χ1v) is 6.73. The number of nitrogens with one attached hydrogen (secondary N) is 1. The van der Waals surface area contributed by atoms with E-state index in [-0.39, 0.29) is 18.6 Å². The zero-order valence-electron chi connectivity index (χ0n) is 12.2. The molecular formula is C15H14F3NO4. The van der Waals surface area contributed by atoms with Crippen molar-refractivity contribution in [2.75, 3.05) is 7.11 Å². The predicted octanol–water partition coefficient (Wildman–Crippen LogP) is 2.91. The van der Waals surface area contributed by atoms with Crippen LogP contribution >= 0.6 is 0 Å². The van der Waals surface area contributed by atoms with Crippen LogP contribution in [-0.4, -0.2) is 30.7 Å². The molecule has 0 saturated heterocycles. The molecule has 0 amide bonds. The first kappa shape index (κ1) is 16.9. The molecule has 0 saturated carbocycles. The second-order valence-corrected chi connectivity index (χ2v) is 4.80. The highest BCUT2D eigenvalue weighted by Crippen LogP contribution is 2.30. The fraction of sp³-hybridized carbons (Fsp3) is 0.333. The fourth-order valence-electron chi connectivity index (χ4n) is 2.31. The Balaban J connectivity index is 2.47. The van der Waals surface area contributed by atoms with E-state index in [1.807, 2.05) is 0 Å². The van der Waals surface area contributed by atoms with Gasteiger partial charge in [0.25, 0.3) is 0 Å². The van der Waals surface area contributed by atoms with Crippen molar-refractivity contribution < 1.29 is 32.2 Å². The van der Waals surface area contributed by atoms with E-state index >= 15 is 0 Å². The summed E-state index contributed by atoms with van der Waals surface area (Å²) in [5.74, 6) is -0.905. The number of halogens is 3. The highest BCUT2D eigenvalue weighted by Gasteiger charge is 2.31. The molecule has 0 radical (unpaired) electrons. The number of rotatable bonds is 6. The highest BCUT2D eigenvalue weighted by atomic mass is 19.4. The van der Waals surface area contributed by atoms with E-state index in [4.69, 9.17) is 0 Å². The average Bonchev–Trinajstić information content (AvgIpc) is 2.80. The molecule has 2 rings (SSSR count). The number of alkyl halides is 3. The van der Waals surface area contributed by atoms with Crippen LogP contribution in [0.1, 0.15) is 17.7 Å². The van der Waals surface area contributed by atoms with Crippen molar-refractivity contribution in [2.24, 2.45) is 0 Å². The minimum absolute atomic E-state index is 0.111. The Kier molecular flexibility index (Phi) is 4.92. The maximum absolute atomic E-state index is 12.3. The lowest BCUT2D eigenvalue weighted by Gasteiger charge is -2.09. The number of esters is 1. The van der Waals surface area contributed by atoms with Gasteiger partial charge in [0.15, 0.2) is 0 Å². The normalized spacial score (nSPS) is 11.5. The maximum atomic E-state index is 12.3. The van der Waals surface area contributed by atoms with E-state index < -0.39 is 12.3 Å². The molecule has 124 valence electrons. The molecule has 0 unspecified atom stereocenters. The quantitative estimate of drug-likeness (QED) is 0.653. The Morgan fingerprint density at radius 1 is 1.35 bits per heavy atom. The molecule has 0 aliphatic heterocycles. The Labute approximate surface area is 129 Å². The lowest BCUT2D eigenvalue weighted by Crippen LogP contribution is -2.17. The molecule has 0 aliphatic carbocycles. The lowest BCUT2D eigenvalue weighted by atomic mass is 10.0. The van der Waals surface area contributed by atoms with Crippen LogP contribution in [0, 0.1) is 0 Å². The molecule has 1 N–H and O–H groups in total. The topological polar surface area (TPSA) is 68.4 Å². The minimum atomic E-state index is -4.80. The number of hydrogen-bond acceptors (Lipinski definition) is 4. The molecule has 1 aromatic carbocycles. The summed E-state index contributed by atoms with van der Waals surface area (Å²) in [5, 5.41) is 0.429. The van der Waals surface area contributed by atoms with Gasteiger partial charge >= 0.3 is 12.3 Å². The Morgan fingerprint density at radius 2 is 2.09 bits per heavy atom. The maximum Gasteiger partial charge on any atom is 0.573 e. The van der Waals surface area contributed by atoms with E-state index in [1.165, 1.54) is 25.3 Å². The largest absolute Gasteiger partial charge is 0.573 e. The average molecular weight is 329 g/mol. The Bertz CT molecular complexity index is 721. The number of ether oxygens (including phenoxy) is 2. The number of carbonyl (C=O) groups excluding carboxylic acids is 2. The van der Waals surface area contributed by atoms with Gasteiger partial charge in [0.1, 0.15) is 12.0 Å². The summed E-state index contributed by atoms with van der Waals surface area (Å²) in [4.78, 5) is 25.1. The van der Waals surface area contributed by atoms with Crippen LogP contribution in [-0.2, 0) is 27.2 Å². The first-order chi connectivity index (χ1) is 10.8. The second-order valence-electron chi connectivity index (χ2n) is 4.80. The van der Waals surface area contributed by atoms with Gasteiger partial charge in [0.05, 0.1) is 13.5 Å². The molecule has 0 atom stereocenters. The summed E-state index contributed by atoms with van der Waals surface area (Å²) >= 11 is 0. The fourth-order valence-corrected chi connectivity index (χ4v) is 2.31. The van der Waals surface area contributed by atoms with Crippen molar-refractivity contribution in [1.29, 1.82) is 0 Å². The van der Waals surface area contributed by atoms with Gasteiger partial charge in [0, 0.05) is 23.0 Å². The number of benzene rings is 1. The first-order valence-electron chi connectivity index (χ1n) is 6.73. The Hall–Kier alpha value is -2.51. The van der Waals surface area contributed by atoms with E-state index in [9.17, 15) is 22.8 Å². The molecule has 0 fully saturated rings. The van der Waals surface area contributed by atoms with E-state index in [0.717, 1.165) is 6.29 Å². The Morgan fingerprint density at radius 3 is 2.70 bits per heavy atom. The lowest BCUT2D eigenvalue weighted by molar-refractivity contribution is -0.274. The zero-order valence-corrected chi connectivity index (χ0v) is 12.2. The van der Waals surface area contributed by atoms with Crippen molar-refractivity contribution in [3.05, 3.63) is 29.5 Å². The summed E-state index contributed by atoms with van der Waals surface area (Å²) < 4.78 is 45.5.